The highest BCUT2D eigenvalue weighted by Crippen LogP contribution is 2.21. The second kappa shape index (κ2) is 6.51. The van der Waals surface area contributed by atoms with Crippen LogP contribution >= 0.6 is 0 Å². The largest absolute Gasteiger partial charge is 0.383 e. The topological polar surface area (TPSA) is 38.5 Å². The van der Waals surface area contributed by atoms with Gasteiger partial charge in [0.25, 0.3) is 0 Å². The fraction of sp³-hybridized carbons (Fsp3) is 0.538. The molecule has 0 aliphatic rings. The van der Waals surface area contributed by atoms with Crippen molar-refractivity contribution in [3.8, 4) is 0 Å². The number of rotatable bonds is 6. The first-order valence-electron chi connectivity index (χ1n) is 5.76. The summed E-state index contributed by atoms with van der Waals surface area (Å²) < 4.78 is 5.13. The summed E-state index contributed by atoms with van der Waals surface area (Å²) in [6.45, 7) is 7.46. The predicted octanol–water partition coefficient (Wildman–Crippen LogP) is 1.93. The maximum absolute atomic E-state index is 5.76. The van der Waals surface area contributed by atoms with Crippen molar-refractivity contribution < 1.29 is 4.74 Å². The molecular formula is C13H22N2O. The lowest BCUT2D eigenvalue weighted by atomic mass is 10.1. The van der Waals surface area contributed by atoms with Crippen LogP contribution in [0.3, 0.4) is 0 Å². The summed E-state index contributed by atoms with van der Waals surface area (Å²) in [7, 11) is 1.73. The van der Waals surface area contributed by atoms with Gasteiger partial charge in [0.05, 0.1) is 6.61 Å². The molecule has 1 rings (SSSR count). The highest BCUT2D eigenvalue weighted by atomic mass is 16.5. The third-order valence-corrected chi connectivity index (χ3v) is 2.75. The number of ether oxygens (including phenoxy) is 1. The Bertz CT molecular complexity index is 326. The van der Waals surface area contributed by atoms with Gasteiger partial charge >= 0.3 is 0 Å². The van der Waals surface area contributed by atoms with Gasteiger partial charge in [0.1, 0.15) is 0 Å². The molecule has 0 fully saturated rings. The Hall–Kier alpha value is -1.06. The fourth-order valence-electron chi connectivity index (χ4n) is 1.79. The molecule has 0 spiro atoms. The van der Waals surface area contributed by atoms with Crippen LogP contribution < -0.4 is 10.6 Å². The van der Waals surface area contributed by atoms with Gasteiger partial charge in [-0.3, -0.25) is 0 Å². The van der Waals surface area contributed by atoms with Crippen molar-refractivity contribution in [1.29, 1.82) is 0 Å². The highest BCUT2D eigenvalue weighted by Gasteiger charge is 2.08. The van der Waals surface area contributed by atoms with Crippen molar-refractivity contribution in [2.75, 3.05) is 31.7 Å². The third-order valence-electron chi connectivity index (χ3n) is 2.75. The number of anilines is 1. The van der Waals surface area contributed by atoms with Crippen LogP contribution in [0.1, 0.15) is 18.1 Å². The monoisotopic (exact) mass is 222 g/mol. The van der Waals surface area contributed by atoms with E-state index in [4.69, 9.17) is 10.5 Å². The predicted molar refractivity (Wildman–Crippen MR) is 68.8 cm³/mol. The SMILES string of the molecule is CCN(CCOC)c1cc(C)ccc1CN. The van der Waals surface area contributed by atoms with Gasteiger partial charge in [0.15, 0.2) is 0 Å². The Morgan fingerprint density at radius 1 is 1.38 bits per heavy atom. The Morgan fingerprint density at radius 2 is 2.12 bits per heavy atom. The van der Waals surface area contributed by atoms with Gasteiger partial charge < -0.3 is 15.4 Å². The number of methoxy groups -OCH3 is 1. The lowest BCUT2D eigenvalue weighted by molar-refractivity contribution is 0.205. The molecule has 0 amide bonds. The van der Waals surface area contributed by atoms with Crippen LogP contribution in [0.4, 0.5) is 5.69 Å². The minimum Gasteiger partial charge on any atom is -0.383 e. The van der Waals surface area contributed by atoms with E-state index in [1.807, 2.05) is 0 Å². The highest BCUT2D eigenvalue weighted by molar-refractivity contribution is 5.55. The molecule has 90 valence electrons. The Balaban J connectivity index is 2.92. The minimum absolute atomic E-state index is 0.582. The second-order valence-corrected chi connectivity index (χ2v) is 3.91. The zero-order chi connectivity index (χ0) is 12.0. The van der Waals surface area contributed by atoms with Gasteiger partial charge in [0, 0.05) is 32.4 Å². The van der Waals surface area contributed by atoms with Crippen LogP contribution in [0.2, 0.25) is 0 Å². The van der Waals surface area contributed by atoms with E-state index >= 15 is 0 Å². The van der Waals surface area contributed by atoms with Gasteiger partial charge in [-0.25, -0.2) is 0 Å². The maximum Gasteiger partial charge on any atom is 0.0637 e. The molecule has 16 heavy (non-hydrogen) atoms. The molecule has 0 saturated carbocycles. The molecule has 0 heterocycles. The van der Waals surface area contributed by atoms with E-state index in [9.17, 15) is 0 Å². The van der Waals surface area contributed by atoms with Crippen molar-refractivity contribution >= 4 is 5.69 Å². The number of benzene rings is 1. The number of nitrogens with two attached hydrogens (primary N) is 1. The molecule has 0 aromatic heterocycles. The lowest BCUT2D eigenvalue weighted by Crippen LogP contribution is -2.28. The molecule has 1 aromatic rings. The van der Waals surface area contributed by atoms with E-state index in [0.29, 0.717) is 6.54 Å². The second-order valence-electron chi connectivity index (χ2n) is 3.91. The zero-order valence-electron chi connectivity index (χ0n) is 10.5. The maximum atomic E-state index is 5.76. The van der Waals surface area contributed by atoms with E-state index in [1.165, 1.54) is 16.8 Å². The number of nitrogens with zero attached hydrogens (tertiary/aromatic N) is 1. The van der Waals surface area contributed by atoms with Gasteiger partial charge in [-0.1, -0.05) is 12.1 Å². The van der Waals surface area contributed by atoms with E-state index in [1.54, 1.807) is 7.11 Å². The normalized spacial score (nSPS) is 10.5. The summed E-state index contributed by atoms with van der Waals surface area (Å²) >= 11 is 0. The molecule has 2 N–H and O–H groups in total. The average molecular weight is 222 g/mol. The average Bonchev–Trinajstić information content (AvgIpc) is 2.30. The summed E-state index contributed by atoms with van der Waals surface area (Å²) in [6, 6.07) is 6.41. The number of aryl methyl sites for hydroxylation is 1. The Morgan fingerprint density at radius 3 is 2.69 bits per heavy atom. The minimum atomic E-state index is 0.582. The first-order valence-corrected chi connectivity index (χ1v) is 5.76. The Kier molecular flexibility index (Phi) is 5.29. The van der Waals surface area contributed by atoms with Crippen molar-refractivity contribution in [1.82, 2.24) is 0 Å². The lowest BCUT2D eigenvalue weighted by Gasteiger charge is -2.25. The molecule has 1 aromatic carbocycles. The third kappa shape index (κ3) is 3.22. The Labute approximate surface area is 98.2 Å². The van der Waals surface area contributed by atoms with Crippen LogP contribution in [0.5, 0.6) is 0 Å². The number of hydrogen-bond acceptors (Lipinski definition) is 3. The number of hydrogen-bond donors (Lipinski definition) is 1. The molecule has 0 atom stereocenters. The van der Waals surface area contributed by atoms with Crippen LogP contribution in [-0.2, 0) is 11.3 Å². The van der Waals surface area contributed by atoms with Crippen LogP contribution in [0, 0.1) is 6.92 Å². The molecular weight excluding hydrogens is 200 g/mol. The summed E-state index contributed by atoms with van der Waals surface area (Å²) in [5.74, 6) is 0. The van der Waals surface area contributed by atoms with Gasteiger partial charge in [-0.05, 0) is 31.0 Å². The standard InChI is InChI=1S/C13H22N2O/c1-4-15(7-8-16-3)13-9-11(2)5-6-12(13)10-14/h5-6,9H,4,7-8,10,14H2,1-3H3. The zero-order valence-corrected chi connectivity index (χ0v) is 10.5. The van der Waals surface area contributed by atoms with E-state index in [0.717, 1.165) is 19.7 Å². The van der Waals surface area contributed by atoms with Gasteiger partial charge in [-0.2, -0.15) is 0 Å². The molecule has 3 nitrogen and oxygen atoms in total. The summed E-state index contributed by atoms with van der Waals surface area (Å²) in [5.41, 5.74) is 9.47. The van der Waals surface area contributed by atoms with Crippen molar-refractivity contribution in [2.24, 2.45) is 5.73 Å². The molecule has 0 bridgehead atoms. The molecule has 0 aliphatic heterocycles. The first kappa shape index (κ1) is 13.0. The van der Waals surface area contributed by atoms with Crippen molar-refractivity contribution in [2.45, 2.75) is 20.4 Å². The molecule has 0 unspecified atom stereocenters. The van der Waals surface area contributed by atoms with E-state index < -0.39 is 0 Å². The molecule has 0 radical (unpaired) electrons. The summed E-state index contributed by atoms with van der Waals surface area (Å²) in [5, 5.41) is 0. The van der Waals surface area contributed by atoms with Crippen LogP contribution in [0.25, 0.3) is 0 Å². The van der Waals surface area contributed by atoms with Gasteiger partial charge in [-0.15, -0.1) is 0 Å². The molecule has 3 heteroatoms. The quantitative estimate of drug-likeness (QED) is 0.799. The van der Waals surface area contributed by atoms with E-state index in [2.05, 4.69) is 36.9 Å². The van der Waals surface area contributed by atoms with Crippen molar-refractivity contribution in [3.63, 3.8) is 0 Å². The van der Waals surface area contributed by atoms with E-state index in [-0.39, 0.29) is 0 Å². The number of likely N-dealkylation sites (N-methyl/N-ethyl adjacent to an activating group) is 1. The fourth-order valence-corrected chi connectivity index (χ4v) is 1.79. The summed E-state index contributed by atoms with van der Waals surface area (Å²) in [6.07, 6.45) is 0. The van der Waals surface area contributed by atoms with Gasteiger partial charge in [0.2, 0.25) is 0 Å². The molecule has 0 saturated heterocycles. The van der Waals surface area contributed by atoms with Crippen molar-refractivity contribution in [3.05, 3.63) is 29.3 Å². The molecule has 0 aliphatic carbocycles. The van der Waals surface area contributed by atoms with Crippen LogP contribution in [-0.4, -0.2) is 26.8 Å². The first-order chi connectivity index (χ1) is 7.72. The van der Waals surface area contributed by atoms with Crippen LogP contribution in [0.15, 0.2) is 18.2 Å². The smallest absolute Gasteiger partial charge is 0.0637 e. The summed E-state index contributed by atoms with van der Waals surface area (Å²) in [4.78, 5) is 2.30.